The summed E-state index contributed by atoms with van der Waals surface area (Å²) in [5, 5.41) is 3.05. The van der Waals surface area contributed by atoms with E-state index >= 15 is 0 Å². The Morgan fingerprint density at radius 3 is 2.67 bits per heavy atom. The number of nitrogens with zero attached hydrogens (tertiary/aromatic N) is 1. The van der Waals surface area contributed by atoms with Crippen LogP contribution in [-0.4, -0.2) is 37.5 Å². The molecule has 1 heterocycles. The highest BCUT2D eigenvalue weighted by Crippen LogP contribution is 2.16. The van der Waals surface area contributed by atoms with Gasteiger partial charge in [0.2, 0.25) is 5.91 Å². The maximum absolute atomic E-state index is 11.7. The van der Waals surface area contributed by atoms with Gasteiger partial charge in [-0.05, 0) is 32.4 Å². The molecular weight excluding hydrogens is 188 g/mol. The Bertz CT molecular complexity index is 220. The largest absolute Gasteiger partial charge is 0.355 e. The molecule has 0 aliphatic carbocycles. The van der Waals surface area contributed by atoms with E-state index in [0.29, 0.717) is 5.92 Å². The topological polar surface area (TPSA) is 32.3 Å². The molecule has 1 fully saturated rings. The van der Waals surface area contributed by atoms with Crippen LogP contribution in [0.25, 0.3) is 0 Å². The number of carbonyl (C=O) groups is 1. The molecule has 1 amide bonds. The number of hydrogen-bond donors (Lipinski definition) is 1. The number of piperidine rings is 1. The lowest BCUT2D eigenvalue weighted by atomic mass is 9.94. The van der Waals surface area contributed by atoms with Gasteiger partial charge < -0.3 is 10.2 Å². The molecule has 1 atom stereocenters. The van der Waals surface area contributed by atoms with Gasteiger partial charge in [0.1, 0.15) is 0 Å². The predicted octanol–water partition coefficient (Wildman–Crippen LogP) is 1.49. The van der Waals surface area contributed by atoms with Gasteiger partial charge in [-0.25, -0.2) is 0 Å². The summed E-state index contributed by atoms with van der Waals surface area (Å²) >= 11 is 0. The van der Waals surface area contributed by atoms with Crippen LogP contribution in [0.4, 0.5) is 0 Å². The Balaban J connectivity index is 2.28. The molecule has 88 valence electrons. The van der Waals surface area contributed by atoms with Crippen molar-refractivity contribution in [2.75, 3.05) is 26.7 Å². The number of rotatable bonds is 2. The molecular formula is C12H24N2O. The SMILES string of the molecule is CN1CCCC(CNC(=O)C(C)(C)C)C1. The lowest BCUT2D eigenvalue weighted by Gasteiger charge is -2.30. The van der Waals surface area contributed by atoms with Crippen molar-refractivity contribution in [2.45, 2.75) is 33.6 Å². The predicted molar refractivity (Wildman–Crippen MR) is 62.7 cm³/mol. The summed E-state index contributed by atoms with van der Waals surface area (Å²) < 4.78 is 0. The van der Waals surface area contributed by atoms with Crippen molar-refractivity contribution in [1.29, 1.82) is 0 Å². The number of likely N-dealkylation sites (tertiary alicyclic amines) is 1. The maximum Gasteiger partial charge on any atom is 0.225 e. The first kappa shape index (κ1) is 12.5. The summed E-state index contributed by atoms with van der Waals surface area (Å²) in [6.45, 7) is 9.01. The van der Waals surface area contributed by atoms with Gasteiger partial charge in [0, 0.05) is 18.5 Å². The molecule has 3 nitrogen and oxygen atoms in total. The molecule has 1 rings (SSSR count). The van der Waals surface area contributed by atoms with Crippen LogP contribution in [0.3, 0.4) is 0 Å². The molecule has 1 unspecified atom stereocenters. The van der Waals surface area contributed by atoms with Gasteiger partial charge in [0.15, 0.2) is 0 Å². The lowest BCUT2D eigenvalue weighted by Crippen LogP contribution is -2.42. The minimum Gasteiger partial charge on any atom is -0.355 e. The van der Waals surface area contributed by atoms with Gasteiger partial charge in [0.05, 0.1) is 0 Å². The molecule has 0 bridgehead atoms. The fourth-order valence-corrected chi connectivity index (χ4v) is 1.94. The van der Waals surface area contributed by atoms with Crippen molar-refractivity contribution in [3.8, 4) is 0 Å². The highest BCUT2D eigenvalue weighted by molar-refractivity contribution is 5.81. The van der Waals surface area contributed by atoms with Crippen molar-refractivity contribution < 1.29 is 4.79 Å². The molecule has 0 aromatic heterocycles. The monoisotopic (exact) mass is 212 g/mol. The molecule has 1 N–H and O–H groups in total. The van der Waals surface area contributed by atoms with E-state index in [1.54, 1.807) is 0 Å². The van der Waals surface area contributed by atoms with Gasteiger partial charge in [-0.3, -0.25) is 4.79 Å². The smallest absolute Gasteiger partial charge is 0.225 e. The Labute approximate surface area is 93.2 Å². The van der Waals surface area contributed by atoms with E-state index in [4.69, 9.17) is 0 Å². The Kier molecular flexibility index (Phi) is 4.14. The quantitative estimate of drug-likeness (QED) is 0.752. The summed E-state index contributed by atoms with van der Waals surface area (Å²) in [5.41, 5.74) is -0.263. The molecule has 1 saturated heterocycles. The van der Waals surface area contributed by atoms with Gasteiger partial charge in [-0.2, -0.15) is 0 Å². The fourth-order valence-electron chi connectivity index (χ4n) is 1.94. The Morgan fingerprint density at radius 1 is 1.47 bits per heavy atom. The highest BCUT2D eigenvalue weighted by atomic mass is 16.2. The normalized spacial score (nSPS) is 23.9. The number of amides is 1. The first-order valence-corrected chi connectivity index (χ1v) is 5.86. The standard InChI is InChI=1S/C12H24N2O/c1-12(2,3)11(15)13-8-10-6-5-7-14(4)9-10/h10H,5-9H2,1-4H3,(H,13,15). The second kappa shape index (κ2) is 4.97. The summed E-state index contributed by atoms with van der Waals surface area (Å²) in [7, 11) is 2.15. The summed E-state index contributed by atoms with van der Waals surface area (Å²) in [6.07, 6.45) is 2.50. The van der Waals surface area contributed by atoms with E-state index in [-0.39, 0.29) is 11.3 Å². The van der Waals surface area contributed by atoms with Crippen molar-refractivity contribution >= 4 is 5.91 Å². The molecule has 1 aliphatic rings. The first-order valence-electron chi connectivity index (χ1n) is 5.86. The zero-order valence-electron chi connectivity index (χ0n) is 10.5. The number of carbonyl (C=O) groups excluding carboxylic acids is 1. The van der Waals surface area contributed by atoms with E-state index in [2.05, 4.69) is 17.3 Å². The summed E-state index contributed by atoms with van der Waals surface area (Å²) in [5.74, 6) is 0.797. The maximum atomic E-state index is 11.7. The van der Waals surface area contributed by atoms with Crippen LogP contribution in [0.15, 0.2) is 0 Å². The van der Waals surface area contributed by atoms with E-state index in [1.807, 2.05) is 20.8 Å². The molecule has 15 heavy (non-hydrogen) atoms. The molecule has 1 aliphatic heterocycles. The van der Waals surface area contributed by atoms with E-state index < -0.39 is 0 Å². The van der Waals surface area contributed by atoms with Crippen molar-refractivity contribution in [2.24, 2.45) is 11.3 Å². The van der Waals surface area contributed by atoms with E-state index in [0.717, 1.165) is 13.1 Å². The Morgan fingerprint density at radius 2 is 2.13 bits per heavy atom. The fraction of sp³-hybridized carbons (Fsp3) is 0.917. The molecule has 0 radical (unpaired) electrons. The van der Waals surface area contributed by atoms with Crippen molar-refractivity contribution in [3.05, 3.63) is 0 Å². The average molecular weight is 212 g/mol. The third-order valence-electron chi connectivity index (χ3n) is 2.95. The summed E-state index contributed by atoms with van der Waals surface area (Å²) in [6, 6.07) is 0. The van der Waals surface area contributed by atoms with Gasteiger partial charge in [-0.1, -0.05) is 20.8 Å². The molecule has 0 aromatic carbocycles. The van der Waals surface area contributed by atoms with E-state index in [1.165, 1.54) is 19.4 Å². The molecule has 0 aromatic rings. The molecule has 0 saturated carbocycles. The molecule has 0 spiro atoms. The summed E-state index contributed by atoms with van der Waals surface area (Å²) in [4.78, 5) is 14.0. The van der Waals surface area contributed by atoms with Gasteiger partial charge in [-0.15, -0.1) is 0 Å². The Hall–Kier alpha value is -0.570. The highest BCUT2D eigenvalue weighted by Gasteiger charge is 2.23. The van der Waals surface area contributed by atoms with Crippen molar-refractivity contribution in [1.82, 2.24) is 10.2 Å². The second-order valence-electron chi connectivity index (χ2n) is 5.73. The van der Waals surface area contributed by atoms with Crippen LogP contribution >= 0.6 is 0 Å². The third-order valence-corrected chi connectivity index (χ3v) is 2.95. The van der Waals surface area contributed by atoms with Crippen LogP contribution in [0.2, 0.25) is 0 Å². The number of nitrogens with one attached hydrogen (secondary N) is 1. The minimum atomic E-state index is -0.263. The van der Waals surface area contributed by atoms with Gasteiger partial charge in [0.25, 0.3) is 0 Å². The average Bonchev–Trinajstić information content (AvgIpc) is 2.12. The van der Waals surface area contributed by atoms with Crippen LogP contribution in [0.5, 0.6) is 0 Å². The lowest BCUT2D eigenvalue weighted by molar-refractivity contribution is -0.128. The van der Waals surface area contributed by atoms with Crippen LogP contribution in [0.1, 0.15) is 33.6 Å². The zero-order valence-corrected chi connectivity index (χ0v) is 10.5. The number of hydrogen-bond acceptors (Lipinski definition) is 2. The first-order chi connectivity index (χ1) is 6.89. The van der Waals surface area contributed by atoms with Crippen LogP contribution in [0, 0.1) is 11.3 Å². The molecule has 3 heteroatoms. The van der Waals surface area contributed by atoms with E-state index in [9.17, 15) is 4.79 Å². The zero-order chi connectivity index (χ0) is 11.5. The van der Waals surface area contributed by atoms with Crippen LogP contribution < -0.4 is 5.32 Å². The van der Waals surface area contributed by atoms with Crippen LogP contribution in [-0.2, 0) is 4.79 Å². The second-order valence-corrected chi connectivity index (χ2v) is 5.73. The minimum absolute atomic E-state index is 0.163. The van der Waals surface area contributed by atoms with Gasteiger partial charge >= 0.3 is 0 Å². The van der Waals surface area contributed by atoms with Crippen molar-refractivity contribution in [3.63, 3.8) is 0 Å². The third kappa shape index (κ3) is 4.20.